The van der Waals surface area contributed by atoms with Crippen LogP contribution in [0, 0.1) is 0 Å². The zero-order valence-electron chi connectivity index (χ0n) is 11.9. The maximum atomic E-state index is 11.7. The molecule has 0 saturated carbocycles. The molecular weight excluding hydrogens is 348 g/mol. The van der Waals surface area contributed by atoms with Crippen LogP contribution < -0.4 is 10.2 Å². The third-order valence-electron chi connectivity index (χ3n) is 2.88. The summed E-state index contributed by atoms with van der Waals surface area (Å²) in [6, 6.07) is 12.7. The standard InChI is InChI=1S/C16H15BrN2O3/c1-22-14-8-12(7-13(17)16(14)21)10-18-19-15(20)9-11-5-3-2-4-6-11/h2-8,10,21H,9H2,1H3,(H,19,20)/b18-10-. The van der Waals surface area contributed by atoms with E-state index >= 15 is 0 Å². The van der Waals surface area contributed by atoms with Crippen molar-refractivity contribution >= 4 is 28.1 Å². The van der Waals surface area contributed by atoms with Gasteiger partial charge in [0.25, 0.3) is 0 Å². The summed E-state index contributed by atoms with van der Waals surface area (Å²) >= 11 is 3.22. The number of phenolic OH excluding ortho intramolecular Hbond substituents is 1. The van der Waals surface area contributed by atoms with Crippen molar-refractivity contribution in [2.45, 2.75) is 6.42 Å². The van der Waals surface area contributed by atoms with E-state index < -0.39 is 0 Å². The van der Waals surface area contributed by atoms with Crippen LogP contribution in [-0.4, -0.2) is 24.3 Å². The van der Waals surface area contributed by atoms with Gasteiger partial charge in [-0.1, -0.05) is 30.3 Å². The van der Waals surface area contributed by atoms with E-state index in [0.29, 0.717) is 15.8 Å². The number of hydrazone groups is 1. The molecule has 6 heteroatoms. The maximum Gasteiger partial charge on any atom is 0.244 e. The van der Waals surface area contributed by atoms with Gasteiger partial charge in [-0.15, -0.1) is 0 Å². The van der Waals surface area contributed by atoms with Crippen LogP contribution in [0.2, 0.25) is 0 Å². The van der Waals surface area contributed by atoms with Gasteiger partial charge in [0.1, 0.15) is 0 Å². The number of ether oxygens (including phenoxy) is 1. The van der Waals surface area contributed by atoms with Crippen LogP contribution in [0.15, 0.2) is 52.0 Å². The fourth-order valence-corrected chi connectivity index (χ4v) is 2.28. The number of nitrogens with zero attached hydrogens (tertiary/aromatic N) is 1. The number of methoxy groups -OCH3 is 1. The van der Waals surface area contributed by atoms with Crippen molar-refractivity contribution in [3.63, 3.8) is 0 Å². The van der Waals surface area contributed by atoms with Crippen molar-refractivity contribution in [3.05, 3.63) is 58.1 Å². The molecule has 0 aliphatic rings. The van der Waals surface area contributed by atoms with Gasteiger partial charge in [0.05, 0.1) is 24.2 Å². The molecule has 1 amide bonds. The van der Waals surface area contributed by atoms with E-state index in [1.165, 1.54) is 13.3 Å². The summed E-state index contributed by atoms with van der Waals surface area (Å²) in [6.07, 6.45) is 1.75. The number of carbonyl (C=O) groups excluding carboxylic acids is 1. The SMILES string of the molecule is COc1cc(/C=N\NC(=O)Cc2ccccc2)cc(Br)c1O. The number of phenols is 1. The number of rotatable bonds is 5. The van der Waals surface area contributed by atoms with E-state index in [2.05, 4.69) is 26.5 Å². The Morgan fingerprint density at radius 1 is 1.36 bits per heavy atom. The second-order valence-corrected chi connectivity index (χ2v) is 5.36. The molecule has 2 aromatic carbocycles. The smallest absolute Gasteiger partial charge is 0.244 e. The summed E-state index contributed by atoms with van der Waals surface area (Å²) in [5.74, 6) is 0.145. The van der Waals surface area contributed by atoms with E-state index in [0.717, 1.165) is 5.56 Å². The normalized spacial score (nSPS) is 10.6. The Hall–Kier alpha value is -2.34. The number of hydrogen-bond acceptors (Lipinski definition) is 4. The third kappa shape index (κ3) is 4.33. The van der Waals surface area contributed by atoms with Crippen molar-refractivity contribution in [3.8, 4) is 11.5 Å². The highest BCUT2D eigenvalue weighted by Crippen LogP contribution is 2.34. The predicted octanol–water partition coefficient (Wildman–Crippen LogP) is 2.86. The molecule has 0 fully saturated rings. The zero-order valence-corrected chi connectivity index (χ0v) is 13.5. The Labute approximate surface area is 136 Å². The molecule has 0 aromatic heterocycles. The molecule has 2 aromatic rings. The first-order valence-electron chi connectivity index (χ1n) is 6.52. The molecule has 0 atom stereocenters. The van der Waals surface area contributed by atoms with Gasteiger partial charge >= 0.3 is 0 Å². The number of nitrogens with one attached hydrogen (secondary N) is 1. The fourth-order valence-electron chi connectivity index (χ4n) is 1.82. The van der Waals surface area contributed by atoms with Crippen molar-refractivity contribution in [1.82, 2.24) is 5.43 Å². The van der Waals surface area contributed by atoms with Gasteiger partial charge in [-0.25, -0.2) is 5.43 Å². The number of hydrogen-bond donors (Lipinski definition) is 2. The second kappa shape index (κ2) is 7.61. The minimum atomic E-state index is -0.202. The van der Waals surface area contributed by atoms with Crippen LogP contribution in [0.3, 0.4) is 0 Å². The number of halogens is 1. The van der Waals surface area contributed by atoms with Crippen LogP contribution in [0.1, 0.15) is 11.1 Å². The molecule has 0 heterocycles. The lowest BCUT2D eigenvalue weighted by molar-refractivity contribution is -0.120. The minimum Gasteiger partial charge on any atom is -0.503 e. The molecule has 0 spiro atoms. The van der Waals surface area contributed by atoms with Gasteiger partial charge < -0.3 is 9.84 Å². The molecule has 0 aliphatic heterocycles. The molecule has 0 saturated heterocycles. The maximum absolute atomic E-state index is 11.7. The summed E-state index contributed by atoms with van der Waals surface area (Å²) in [7, 11) is 1.46. The summed E-state index contributed by atoms with van der Waals surface area (Å²) < 4.78 is 5.53. The van der Waals surface area contributed by atoms with Crippen LogP contribution in [0.5, 0.6) is 11.5 Å². The Bertz CT molecular complexity index is 687. The summed E-state index contributed by atoms with van der Waals surface area (Å²) in [5, 5.41) is 13.6. The van der Waals surface area contributed by atoms with Crippen LogP contribution in [0.25, 0.3) is 0 Å². The van der Waals surface area contributed by atoms with Gasteiger partial charge in [0, 0.05) is 0 Å². The van der Waals surface area contributed by atoms with E-state index in [1.807, 2.05) is 30.3 Å². The van der Waals surface area contributed by atoms with Gasteiger partial charge in [-0.05, 0) is 39.2 Å². The lowest BCUT2D eigenvalue weighted by atomic mass is 10.1. The highest BCUT2D eigenvalue weighted by molar-refractivity contribution is 9.10. The quantitative estimate of drug-likeness (QED) is 0.634. The summed E-state index contributed by atoms with van der Waals surface area (Å²) in [4.78, 5) is 11.7. The van der Waals surface area contributed by atoms with Gasteiger partial charge in [0.2, 0.25) is 5.91 Å². The fraction of sp³-hybridized carbons (Fsp3) is 0.125. The van der Waals surface area contributed by atoms with E-state index in [1.54, 1.807) is 12.1 Å². The number of benzene rings is 2. The van der Waals surface area contributed by atoms with Crippen molar-refractivity contribution in [1.29, 1.82) is 0 Å². The molecular formula is C16H15BrN2O3. The first kappa shape index (κ1) is 16.0. The first-order chi connectivity index (χ1) is 10.6. The molecule has 114 valence electrons. The monoisotopic (exact) mass is 362 g/mol. The predicted molar refractivity (Wildman–Crippen MR) is 88.2 cm³/mol. The lowest BCUT2D eigenvalue weighted by Crippen LogP contribution is -2.19. The van der Waals surface area contributed by atoms with Crippen LogP contribution in [-0.2, 0) is 11.2 Å². The van der Waals surface area contributed by atoms with Crippen molar-refractivity contribution < 1.29 is 14.6 Å². The van der Waals surface area contributed by atoms with Gasteiger partial charge in [0.15, 0.2) is 11.5 Å². The first-order valence-corrected chi connectivity index (χ1v) is 7.32. The van der Waals surface area contributed by atoms with Crippen LogP contribution >= 0.6 is 15.9 Å². The summed E-state index contributed by atoms with van der Waals surface area (Å²) in [6.45, 7) is 0. The molecule has 22 heavy (non-hydrogen) atoms. The molecule has 5 nitrogen and oxygen atoms in total. The Balaban J connectivity index is 1.98. The van der Waals surface area contributed by atoms with E-state index in [4.69, 9.17) is 4.74 Å². The highest BCUT2D eigenvalue weighted by Gasteiger charge is 2.07. The van der Waals surface area contributed by atoms with Gasteiger partial charge in [-0.2, -0.15) is 5.10 Å². The number of amides is 1. The average Bonchev–Trinajstić information content (AvgIpc) is 2.51. The van der Waals surface area contributed by atoms with Crippen LogP contribution in [0.4, 0.5) is 0 Å². The molecule has 0 aliphatic carbocycles. The van der Waals surface area contributed by atoms with Gasteiger partial charge in [-0.3, -0.25) is 4.79 Å². The number of carbonyl (C=O) groups is 1. The molecule has 0 bridgehead atoms. The van der Waals surface area contributed by atoms with Crippen molar-refractivity contribution in [2.24, 2.45) is 5.10 Å². The molecule has 0 radical (unpaired) electrons. The Morgan fingerprint density at radius 3 is 2.77 bits per heavy atom. The Kier molecular flexibility index (Phi) is 5.55. The van der Waals surface area contributed by atoms with E-state index in [9.17, 15) is 9.90 Å². The lowest BCUT2D eigenvalue weighted by Gasteiger charge is -2.06. The average molecular weight is 363 g/mol. The Morgan fingerprint density at radius 2 is 2.09 bits per heavy atom. The minimum absolute atomic E-state index is 0.0211. The van der Waals surface area contributed by atoms with E-state index in [-0.39, 0.29) is 18.1 Å². The second-order valence-electron chi connectivity index (χ2n) is 4.51. The third-order valence-corrected chi connectivity index (χ3v) is 3.49. The topological polar surface area (TPSA) is 70.9 Å². The van der Waals surface area contributed by atoms with Crippen molar-refractivity contribution in [2.75, 3.05) is 7.11 Å². The summed E-state index contributed by atoms with van der Waals surface area (Å²) in [5.41, 5.74) is 4.07. The molecule has 2 N–H and O–H groups in total. The molecule has 2 rings (SSSR count). The number of aromatic hydroxyl groups is 1. The molecule has 0 unspecified atom stereocenters. The zero-order chi connectivity index (χ0) is 15.9. The largest absolute Gasteiger partial charge is 0.503 e. The highest BCUT2D eigenvalue weighted by atomic mass is 79.9.